The number of hydrogen-bond acceptors (Lipinski definition) is 7. The molecule has 4 heterocycles. The summed E-state index contributed by atoms with van der Waals surface area (Å²) in [5.41, 5.74) is 2.92. The Kier molecular flexibility index (Phi) is 7.35. The van der Waals surface area contributed by atoms with Crippen molar-refractivity contribution in [1.82, 2.24) is 15.3 Å². The molecule has 5 rings (SSSR count). The van der Waals surface area contributed by atoms with E-state index in [1.54, 1.807) is 6.20 Å². The summed E-state index contributed by atoms with van der Waals surface area (Å²) in [7, 11) is 0. The minimum atomic E-state index is 0.321. The summed E-state index contributed by atoms with van der Waals surface area (Å²) in [5, 5.41) is 4.31. The number of nitrogens with zero attached hydrogens (tertiary/aromatic N) is 4. The van der Waals surface area contributed by atoms with Crippen molar-refractivity contribution in [2.24, 2.45) is 0 Å². The van der Waals surface area contributed by atoms with Crippen molar-refractivity contribution >= 4 is 34.8 Å². The zero-order valence-electron chi connectivity index (χ0n) is 18.8. The lowest BCUT2D eigenvalue weighted by molar-refractivity contribution is 0.122. The van der Waals surface area contributed by atoms with E-state index in [0.29, 0.717) is 35.6 Å². The van der Waals surface area contributed by atoms with Crippen molar-refractivity contribution < 1.29 is 9.47 Å². The van der Waals surface area contributed by atoms with Gasteiger partial charge in [-0.15, -0.1) is 0 Å². The van der Waals surface area contributed by atoms with E-state index in [-0.39, 0.29) is 0 Å². The van der Waals surface area contributed by atoms with E-state index < -0.39 is 0 Å². The van der Waals surface area contributed by atoms with E-state index in [4.69, 9.17) is 32.7 Å². The quantitative estimate of drug-likeness (QED) is 0.542. The summed E-state index contributed by atoms with van der Waals surface area (Å²) in [4.78, 5) is 13.6. The van der Waals surface area contributed by atoms with Crippen LogP contribution in [0.5, 0.6) is 5.75 Å². The number of anilines is 2. The molecule has 2 aromatic heterocycles. The lowest BCUT2D eigenvalue weighted by atomic mass is 10.1. The van der Waals surface area contributed by atoms with E-state index in [1.165, 1.54) is 0 Å². The highest BCUT2D eigenvalue weighted by Crippen LogP contribution is 2.38. The molecule has 0 spiro atoms. The van der Waals surface area contributed by atoms with Crippen molar-refractivity contribution in [3.63, 3.8) is 0 Å². The zero-order chi connectivity index (χ0) is 23.3. The zero-order valence-corrected chi connectivity index (χ0v) is 20.4. The van der Waals surface area contributed by atoms with Gasteiger partial charge < -0.3 is 24.6 Å². The van der Waals surface area contributed by atoms with Gasteiger partial charge in [0.25, 0.3) is 0 Å². The third-order valence-corrected chi connectivity index (χ3v) is 6.63. The van der Waals surface area contributed by atoms with Gasteiger partial charge in [0.15, 0.2) is 5.75 Å². The van der Waals surface area contributed by atoms with Crippen LogP contribution in [-0.2, 0) is 11.3 Å². The maximum atomic E-state index is 6.64. The highest BCUT2D eigenvalue weighted by molar-refractivity contribution is 6.37. The van der Waals surface area contributed by atoms with Crippen molar-refractivity contribution in [2.75, 3.05) is 62.3 Å². The van der Waals surface area contributed by atoms with Crippen LogP contribution >= 0.6 is 23.2 Å². The molecule has 3 aromatic rings. The summed E-state index contributed by atoms with van der Waals surface area (Å²) < 4.78 is 11.6. The molecule has 178 valence electrons. The molecule has 2 aliphatic heterocycles. The smallest absolute Gasteiger partial charge is 0.157 e. The summed E-state index contributed by atoms with van der Waals surface area (Å²) >= 11 is 13.3. The van der Waals surface area contributed by atoms with Gasteiger partial charge in [0.05, 0.1) is 23.3 Å². The monoisotopic (exact) mass is 499 g/mol. The van der Waals surface area contributed by atoms with E-state index in [9.17, 15) is 0 Å². The van der Waals surface area contributed by atoms with Crippen molar-refractivity contribution in [1.29, 1.82) is 0 Å². The minimum Gasteiger partial charge on any atom is -0.486 e. The Labute approximate surface area is 209 Å². The van der Waals surface area contributed by atoms with Crippen LogP contribution in [-0.4, -0.2) is 62.5 Å². The molecule has 2 aliphatic rings. The van der Waals surface area contributed by atoms with Crippen LogP contribution < -0.4 is 19.9 Å². The van der Waals surface area contributed by atoms with Gasteiger partial charge in [-0.05, 0) is 41.5 Å². The third-order valence-electron chi connectivity index (χ3n) is 6.07. The van der Waals surface area contributed by atoms with Gasteiger partial charge in [-0.3, -0.25) is 0 Å². The maximum Gasteiger partial charge on any atom is 0.157 e. The SMILES string of the molecule is Clc1cc(-c2ccnc(N3CCNCC3)c2)cc(Cl)c1OCc1cccnc1N1CCOCC1. The molecule has 0 unspecified atom stereocenters. The minimum absolute atomic E-state index is 0.321. The molecule has 0 atom stereocenters. The van der Waals surface area contributed by atoms with E-state index >= 15 is 0 Å². The average Bonchev–Trinajstić information content (AvgIpc) is 2.89. The summed E-state index contributed by atoms with van der Waals surface area (Å²) in [5.74, 6) is 2.34. The molecule has 7 nitrogen and oxygen atoms in total. The predicted molar refractivity (Wildman–Crippen MR) is 136 cm³/mol. The number of nitrogens with one attached hydrogen (secondary N) is 1. The molecule has 2 fully saturated rings. The lowest BCUT2D eigenvalue weighted by Crippen LogP contribution is -2.43. The number of ether oxygens (including phenoxy) is 2. The van der Waals surface area contributed by atoms with E-state index in [0.717, 1.165) is 67.6 Å². The van der Waals surface area contributed by atoms with E-state index in [1.807, 2.05) is 36.5 Å². The molecule has 1 N–H and O–H groups in total. The number of hydrogen-bond donors (Lipinski definition) is 1. The summed E-state index contributed by atoms with van der Waals surface area (Å²) in [6, 6.07) is 11.8. The summed E-state index contributed by atoms with van der Waals surface area (Å²) in [6.45, 7) is 7.12. The second-order valence-electron chi connectivity index (χ2n) is 8.28. The van der Waals surface area contributed by atoms with Gasteiger partial charge >= 0.3 is 0 Å². The molecule has 0 amide bonds. The van der Waals surface area contributed by atoms with Gasteiger partial charge in [-0.1, -0.05) is 29.3 Å². The molecular weight excluding hydrogens is 473 g/mol. The number of morpholine rings is 1. The molecule has 0 aliphatic carbocycles. The van der Waals surface area contributed by atoms with Gasteiger partial charge in [0, 0.05) is 57.2 Å². The normalized spacial score (nSPS) is 16.5. The van der Waals surface area contributed by atoms with Gasteiger partial charge in [0.2, 0.25) is 0 Å². The van der Waals surface area contributed by atoms with Crippen LogP contribution in [0.2, 0.25) is 10.0 Å². The Morgan fingerprint density at radius 2 is 1.65 bits per heavy atom. The number of pyridine rings is 2. The fourth-order valence-corrected chi connectivity index (χ4v) is 4.88. The Balaban J connectivity index is 1.34. The van der Waals surface area contributed by atoms with Gasteiger partial charge in [-0.25, -0.2) is 9.97 Å². The molecule has 0 bridgehead atoms. The highest BCUT2D eigenvalue weighted by Gasteiger charge is 2.18. The van der Waals surface area contributed by atoms with Gasteiger partial charge in [-0.2, -0.15) is 0 Å². The van der Waals surface area contributed by atoms with Crippen LogP contribution in [0, 0.1) is 0 Å². The average molecular weight is 500 g/mol. The van der Waals surface area contributed by atoms with Gasteiger partial charge in [0.1, 0.15) is 18.2 Å². The topological polar surface area (TPSA) is 62.8 Å². The molecule has 2 saturated heterocycles. The Morgan fingerprint density at radius 1 is 0.882 bits per heavy atom. The third kappa shape index (κ3) is 5.23. The number of rotatable bonds is 6. The largest absolute Gasteiger partial charge is 0.486 e. The Hall–Kier alpha value is -2.58. The summed E-state index contributed by atoms with van der Waals surface area (Å²) in [6.07, 6.45) is 3.63. The van der Waals surface area contributed by atoms with Crippen molar-refractivity contribution in [2.45, 2.75) is 6.61 Å². The Bertz CT molecular complexity index is 1110. The second-order valence-corrected chi connectivity index (χ2v) is 9.10. The van der Waals surface area contributed by atoms with Crippen LogP contribution in [0.4, 0.5) is 11.6 Å². The van der Waals surface area contributed by atoms with Crippen LogP contribution in [0.25, 0.3) is 11.1 Å². The second kappa shape index (κ2) is 10.8. The first-order valence-corrected chi connectivity index (χ1v) is 12.2. The molecule has 9 heteroatoms. The Morgan fingerprint density at radius 3 is 2.41 bits per heavy atom. The fraction of sp³-hybridized carbons (Fsp3) is 0.360. The molecule has 0 radical (unpaired) electrons. The highest BCUT2D eigenvalue weighted by atomic mass is 35.5. The molecule has 34 heavy (non-hydrogen) atoms. The van der Waals surface area contributed by atoms with Crippen LogP contribution in [0.1, 0.15) is 5.56 Å². The molecular formula is C25H27Cl2N5O2. The lowest BCUT2D eigenvalue weighted by Gasteiger charge is -2.29. The maximum absolute atomic E-state index is 6.64. The molecule has 1 aromatic carbocycles. The number of halogens is 2. The van der Waals surface area contributed by atoms with Crippen LogP contribution in [0.15, 0.2) is 48.8 Å². The fourth-order valence-electron chi connectivity index (χ4n) is 4.28. The van der Waals surface area contributed by atoms with E-state index in [2.05, 4.69) is 31.2 Å². The predicted octanol–water partition coefficient (Wildman–Crippen LogP) is 4.28. The first-order valence-electron chi connectivity index (χ1n) is 11.5. The first kappa shape index (κ1) is 23.2. The standard InChI is InChI=1S/C25H27Cl2N5O2/c26-21-14-20(18-3-5-29-23(16-18)31-8-6-28-7-9-31)15-22(27)24(21)34-17-19-2-1-4-30-25(19)32-10-12-33-13-11-32/h1-5,14-16,28H,6-13,17H2. The molecule has 0 saturated carbocycles. The first-order chi connectivity index (χ1) is 16.7. The number of benzene rings is 1. The van der Waals surface area contributed by atoms with Crippen molar-refractivity contribution in [3.8, 4) is 16.9 Å². The van der Waals surface area contributed by atoms with Crippen molar-refractivity contribution in [3.05, 3.63) is 64.4 Å². The number of aromatic nitrogens is 2. The van der Waals surface area contributed by atoms with Crippen LogP contribution in [0.3, 0.4) is 0 Å². The number of piperazine rings is 1.